The van der Waals surface area contributed by atoms with Crippen LogP contribution in [0, 0.1) is 56.7 Å². The molecule has 4 nitrogen and oxygen atoms in total. The molecule has 5 rings (SSSR count). The summed E-state index contributed by atoms with van der Waals surface area (Å²) in [4.78, 5) is 12.2. The lowest BCUT2D eigenvalue weighted by molar-refractivity contribution is -0.209. The largest absolute Gasteiger partial charge is 0.481 e. The van der Waals surface area contributed by atoms with E-state index >= 15 is 0 Å². The lowest BCUT2D eigenvalue weighted by Crippen LogP contribution is -2.65. The second-order valence-corrected chi connectivity index (χ2v) is 14.7. The van der Waals surface area contributed by atoms with Gasteiger partial charge in [-0.25, -0.2) is 0 Å². The van der Waals surface area contributed by atoms with E-state index in [2.05, 4.69) is 54.5 Å². The third-order valence-corrected chi connectivity index (χ3v) is 13.4. The van der Waals surface area contributed by atoms with Gasteiger partial charge in [0.2, 0.25) is 0 Å². The van der Waals surface area contributed by atoms with Gasteiger partial charge < -0.3 is 15.3 Å². The summed E-state index contributed by atoms with van der Waals surface area (Å²) in [6.45, 7) is 16.5. The number of aliphatic hydroxyl groups is 2. The molecule has 0 aliphatic heterocycles. The predicted molar refractivity (Wildman–Crippen MR) is 134 cm³/mol. The van der Waals surface area contributed by atoms with Gasteiger partial charge in [0.25, 0.3) is 0 Å². The highest BCUT2D eigenvalue weighted by Crippen LogP contribution is 2.75. The lowest BCUT2D eigenvalue weighted by Gasteiger charge is -2.71. The predicted octanol–water partition coefficient (Wildman–Crippen LogP) is 6.06. The molecule has 0 aromatic rings. The molecule has 3 N–H and O–H groups in total. The Morgan fingerprint density at radius 1 is 0.882 bits per heavy atom. The van der Waals surface area contributed by atoms with Gasteiger partial charge in [0.05, 0.1) is 18.1 Å². The molecule has 4 fully saturated rings. The van der Waals surface area contributed by atoms with Crippen molar-refractivity contribution >= 4 is 5.97 Å². The topological polar surface area (TPSA) is 77.8 Å². The van der Waals surface area contributed by atoms with Crippen LogP contribution in [0.3, 0.4) is 0 Å². The van der Waals surface area contributed by atoms with E-state index < -0.39 is 18.0 Å². The molecule has 4 heteroatoms. The van der Waals surface area contributed by atoms with Crippen LogP contribution in [-0.2, 0) is 4.79 Å². The number of carboxylic acid groups (broad SMARTS) is 1. The Labute approximate surface area is 206 Å². The molecule has 0 spiro atoms. The fraction of sp³-hybridized carbons (Fsp3) is 0.900. The van der Waals surface area contributed by atoms with Gasteiger partial charge in [-0.1, -0.05) is 60.1 Å². The third kappa shape index (κ3) is 2.82. The summed E-state index contributed by atoms with van der Waals surface area (Å²) in [6, 6.07) is 0. The number of aliphatic carboxylic acids is 1. The number of aliphatic hydroxyl groups excluding tert-OH is 2. The normalized spacial score (nSPS) is 56.3. The van der Waals surface area contributed by atoms with Gasteiger partial charge in [-0.2, -0.15) is 0 Å². The number of carboxylic acids is 1. The van der Waals surface area contributed by atoms with E-state index in [1.807, 2.05) is 0 Å². The van der Waals surface area contributed by atoms with Gasteiger partial charge >= 0.3 is 5.97 Å². The molecule has 0 amide bonds. The van der Waals surface area contributed by atoms with Crippen molar-refractivity contribution in [1.82, 2.24) is 0 Å². The molecule has 0 aromatic heterocycles. The van der Waals surface area contributed by atoms with Gasteiger partial charge in [-0.3, -0.25) is 4.79 Å². The maximum absolute atomic E-state index is 12.2. The van der Waals surface area contributed by atoms with Gasteiger partial charge in [0.15, 0.2) is 0 Å². The minimum Gasteiger partial charge on any atom is -0.481 e. The van der Waals surface area contributed by atoms with Crippen molar-refractivity contribution in [3.63, 3.8) is 0 Å². The first-order chi connectivity index (χ1) is 15.6. The van der Waals surface area contributed by atoms with Crippen LogP contribution in [0.1, 0.15) is 99.8 Å². The van der Waals surface area contributed by atoms with Crippen molar-refractivity contribution in [1.29, 1.82) is 0 Å². The summed E-state index contributed by atoms with van der Waals surface area (Å²) in [6.07, 6.45) is 9.55. The van der Waals surface area contributed by atoms with Crippen LogP contribution in [0.15, 0.2) is 11.6 Å². The van der Waals surface area contributed by atoms with Crippen LogP contribution in [0.4, 0.5) is 0 Å². The standard InChI is InChI=1S/C30H48O4/c1-17-18(25(33)34)16-23(32)28(5)14-15-29(6)19(24(17)28)8-9-21-27(4)12-11-22(31)26(2,3)20(27)10-13-30(21,29)7/h8,17-18,20-24,31-32H,9-16H2,1-7H3,(H,33,34)/t17?,18?,20-,21+,22?,23?,24-,27+,28+,29-,30-/m1/s1. The van der Waals surface area contributed by atoms with Crippen molar-refractivity contribution in [3.05, 3.63) is 11.6 Å². The fourth-order valence-electron chi connectivity index (χ4n) is 11.0. The molecule has 4 saturated carbocycles. The number of hydrogen-bond donors (Lipinski definition) is 3. The number of hydrogen-bond acceptors (Lipinski definition) is 3. The molecule has 0 aromatic carbocycles. The lowest BCUT2D eigenvalue weighted by atomic mass is 9.33. The van der Waals surface area contributed by atoms with Crippen LogP contribution in [-0.4, -0.2) is 33.5 Å². The summed E-state index contributed by atoms with van der Waals surface area (Å²) >= 11 is 0. The molecule has 5 aliphatic carbocycles. The summed E-state index contributed by atoms with van der Waals surface area (Å²) in [5.74, 6) is 0.0357. The maximum Gasteiger partial charge on any atom is 0.306 e. The maximum atomic E-state index is 12.2. The van der Waals surface area contributed by atoms with Gasteiger partial charge in [-0.05, 0) is 96.7 Å². The first-order valence-electron chi connectivity index (χ1n) is 13.9. The second-order valence-electron chi connectivity index (χ2n) is 14.7. The van der Waals surface area contributed by atoms with E-state index in [0.717, 1.165) is 38.5 Å². The SMILES string of the molecule is CC1C(C(=O)O)CC(O)[C@]2(C)CC[C@]3(C)C(=CC[C@H]4[C@@]5(C)CCC(O)C(C)(C)[C@H]5CC[C@]43C)[C@@H]12. The zero-order chi connectivity index (χ0) is 25.1. The van der Waals surface area contributed by atoms with Crippen LogP contribution in [0.25, 0.3) is 0 Å². The molecule has 0 heterocycles. The Kier molecular flexibility index (Phi) is 5.36. The highest BCUT2D eigenvalue weighted by molar-refractivity contribution is 5.71. The van der Waals surface area contributed by atoms with E-state index in [9.17, 15) is 20.1 Å². The number of carbonyl (C=O) groups is 1. The number of rotatable bonds is 1. The van der Waals surface area contributed by atoms with E-state index in [1.165, 1.54) is 12.0 Å². The molecular weight excluding hydrogens is 424 g/mol. The Morgan fingerprint density at radius 3 is 2.21 bits per heavy atom. The number of fused-ring (bicyclic) bond motifs is 7. The summed E-state index contributed by atoms with van der Waals surface area (Å²) in [5, 5.41) is 32.1. The Morgan fingerprint density at radius 2 is 1.56 bits per heavy atom. The first kappa shape index (κ1) is 24.8. The van der Waals surface area contributed by atoms with E-state index in [-0.39, 0.29) is 45.0 Å². The number of allylic oxidation sites excluding steroid dienone is 2. The quantitative estimate of drug-likeness (QED) is 0.405. The van der Waals surface area contributed by atoms with Gasteiger partial charge in [0.1, 0.15) is 0 Å². The van der Waals surface area contributed by atoms with Crippen LogP contribution < -0.4 is 0 Å². The van der Waals surface area contributed by atoms with Crippen molar-refractivity contribution in [2.75, 3.05) is 0 Å². The second kappa shape index (κ2) is 7.34. The molecule has 4 unspecified atom stereocenters. The van der Waals surface area contributed by atoms with Crippen LogP contribution in [0.5, 0.6) is 0 Å². The van der Waals surface area contributed by atoms with Crippen molar-refractivity contribution < 1.29 is 20.1 Å². The Bertz CT molecular complexity index is 907. The van der Waals surface area contributed by atoms with E-state index in [1.54, 1.807) is 0 Å². The molecule has 0 bridgehead atoms. The van der Waals surface area contributed by atoms with Gasteiger partial charge in [0, 0.05) is 5.41 Å². The van der Waals surface area contributed by atoms with E-state index in [0.29, 0.717) is 18.3 Å². The highest BCUT2D eigenvalue weighted by atomic mass is 16.4. The summed E-state index contributed by atoms with van der Waals surface area (Å²) in [5.41, 5.74) is 1.57. The minimum atomic E-state index is -0.752. The molecule has 192 valence electrons. The minimum absolute atomic E-state index is 0.0304. The van der Waals surface area contributed by atoms with Crippen LogP contribution in [0.2, 0.25) is 0 Å². The molecule has 34 heavy (non-hydrogen) atoms. The molecule has 0 radical (unpaired) electrons. The molecular formula is C30H48O4. The average molecular weight is 473 g/mol. The first-order valence-corrected chi connectivity index (χ1v) is 13.9. The fourth-order valence-corrected chi connectivity index (χ4v) is 11.0. The van der Waals surface area contributed by atoms with Crippen molar-refractivity contribution in [2.45, 2.75) is 112 Å². The van der Waals surface area contributed by atoms with E-state index in [4.69, 9.17) is 0 Å². The molecule has 0 saturated heterocycles. The Balaban J connectivity index is 1.60. The summed E-state index contributed by atoms with van der Waals surface area (Å²) in [7, 11) is 0. The zero-order valence-corrected chi connectivity index (χ0v) is 22.5. The molecule has 11 atom stereocenters. The summed E-state index contributed by atoms with van der Waals surface area (Å²) < 4.78 is 0. The average Bonchev–Trinajstić information content (AvgIpc) is 2.74. The molecule has 5 aliphatic rings. The highest BCUT2D eigenvalue weighted by Gasteiger charge is 2.69. The smallest absolute Gasteiger partial charge is 0.306 e. The monoisotopic (exact) mass is 472 g/mol. The third-order valence-electron chi connectivity index (χ3n) is 13.4. The Hall–Kier alpha value is -0.870. The van der Waals surface area contributed by atoms with Crippen molar-refractivity contribution in [2.24, 2.45) is 56.7 Å². The van der Waals surface area contributed by atoms with Gasteiger partial charge in [-0.15, -0.1) is 0 Å². The zero-order valence-electron chi connectivity index (χ0n) is 22.5. The van der Waals surface area contributed by atoms with Crippen molar-refractivity contribution in [3.8, 4) is 0 Å². The van der Waals surface area contributed by atoms with Crippen LogP contribution >= 0.6 is 0 Å².